The van der Waals surface area contributed by atoms with E-state index in [-0.39, 0.29) is 5.82 Å². The molecule has 2 rings (SSSR count). The van der Waals surface area contributed by atoms with Gasteiger partial charge in [-0.2, -0.15) is 0 Å². The van der Waals surface area contributed by atoms with Gasteiger partial charge in [-0.05, 0) is 34.1 Å². The van der Waals surface area contributed by atoms with Crippen LogP contribution in [0.3, 0.4) is 0 Å². The Labute approximate surface area is 122 Å². The zero-order chi connectivity index (χ0) is 13.3. The number of benzene rings is 1. The third kappa shape index (κ3) is 2.54. The second kappa shape index (κ2) is 5.57. The van der Waals surface area contributed by atoms with Gasteiger partial charge in [-0.3, -0.25) is 0 Å². The van der Waals surface area contributed by atoms with E-state index >= 15 is 0 Å². The Balaban J connectivity index is 2.48. The Morgan fingerprint density at radius 2 is 2.22 bits per heavy atom. The number of methoxy groups -OCH3 is 1. The van der Waals surface area contributed by atoms with E-state index in [0.717, 1.165) is 8.66 Å². The summed E-state index contributed by atoms with van der Waals surface area (Å²) in [7, 11) is 1.49. The zero-order valence-electron chi connectivity index (χ0n) is 9.41. The molecule has 2 nitrogen and oxygen atoms in total. The lowest BCUT2D eigenvalue weighted by Gasteiger charge is -2.15. The van der Waals surface area contributed by atoms with E-state index < -0.39 is 6.04 Å². The fourth-order valence-electron chi connectivity index (χ4n) is 1.66. The van der Waals surface area contributed by atoms with Crippen molar-refractivity contribution in [1.29, 1.82) is 0 Å². The van der Waals surface area contributed by atoms with Crippen LogP contribution in [0.25, 0.3) is 0 Å². The molecule has 0 aliphatic rings. The number of nitrogens with two attached hydrogens (primary N) is 1. The van der Waals surface area contributed by atoms with Crippen molar-refractivity contribution < 1.29 is 9.13 Å². The second-order valence-corrected chi connectivity index (χ2v) is 6.41. The van der Waals surface area contributed by atoms with Gasteiger partial charge in [0.15, 0.2) is 0 Å². The van der Waals surface area contributed by atoms with E-state index in [9.17, 15) is 4.39 Å². The number of halogens is 3. The monoisotopic (exact) mass is 349 g/mol. The van der Waals surface area contributed by atoms with Gasteiger partial charge in [-0.15, -0.1) is 11.3 Å². The van der Waals surface area contributed by atoms with Crippen LogP contribution >= 0.6 is 38.9 Å². The molecule has 0 radical (unpaired) electrons. The van der Waals surface area contributed by atoms with Gasteiger partial charge in [0.2, 0.25) is 0 Å². The lowest BCUT2D eigenvalue weighted by atomic mass is 10.0. The van der Waals surface area contributed by atoms with Gasteiger partial charge in [-0.25, -0.2) is 4.39 Å². The minimum Gasteiger partial charge on any atom is -0.496 e. The third-order valence-electron chi connectivity index (χ3n) is 2.51. The Kier molecular flexibility index (Phi) is 4.27. The third-order valence-corrected chi connectivity index (χ3v) is 5.07. The molecule has 6 heteroatoms. The first kappa shape index (κ1) is 13.8. The van der Waals surface area contributed by atoms with Gasteiger partial charge < -0.3 is 10.5 Å². The highest BCUT2D eigenvalue weighted by Gasteiger charge is 2.21. The van der Waals surface area contributed by atoms with E-state index in [4.69, 9.17) is 22.1 Å². The van der Waals surface area contributed by atoms with Crippen LogP contribution < -0.4 is 10.5 Å². The van der Waals surface area contributed by atoms with Crippen LogP contribution in [0.15, 0.2) is 28.1 Å². The van der Waals surface area contributed by atoms with Crippen LogP contribution in [0, 0.1) is 5.82 Å². The molecule has 1 heterocycles. The summed E-state index contributed by atoms with van der Waals surface area (Å²) < 4.78 is 19.8. The molecule has 96 valence electrons. The highest BCUT2D eigenvalue weighted by Crippen LogP contribution is 2.39. The Bertz CT molecular complexity index is 556. The molecule has 2 aromatic rings. The van der Waals surface area contributed by atoms with E-state index in [1.807, 2.05) is 0 Å². The molecule has 1 unspecified atom stereocenters. The van der Waals surface area contributed by atoms with Crippen LogP contribution in [-0.4, -0.2) is 7.11 Å². The van der Waals surface area contributed by atoms with Crippen molar-refractivity contribution in [1.82, 2.24) is 0 Å². The summed E-state index contributed by atoms with van der Waals surface area (Å²) in [6.07, 6.45) is 0. The summed E-state index contributed by atoms with van der Waals surface area (Å²) in [5.41, 5.74) is 6.43. The van der Waals surface area contributed by atoms with Crippen molar-refractivity contribution in [2.24, 2.45) is 5.73 Å². The average Bonchev–Trinajstić information content (AvgIpc) is 2.68. The molecule has 2 N–H and O–H groups in total. The molecule has 0 saturated heterocycles. The van der Waals surface area contributed by atoms with Crippen LogP contribution in [-0.2, 0) is 0 Å². The van der Waals surface area contributed by atoms with Gasteiger partial charge in [0.05, 0.1) is 27.5 Å². The van der Waals surface area contributed by atoms with Crippen molar-refractivity contribution >= 4 is 38.9 Å². The van der Waals surface area contributed by atoms with Gasteiger partial charge >= 0.3 is 0 Å². The highest BCUT2D eigenvalue weighted by atomic mass is 79.9. The van der Waals surface area contributed by atoms with Crippen molar-refractivity contribution in [3.63, 3.8) is 0 Å². The van der Waals surface area contributed by atoms with Gasteiger partial charge in [0.25, 0.3) is 0 Å². The Morgan fingerprint density at radius 1 is 1.50 bits per heavy atom. The van der Waals surface area contributed by atoms with E-state index in [2.05, 4.69) is 15.9 Å². The minimum atomic E-state index is -0.602. The molecule has 0 aliphatic heterocycles. The van der Waals surface area contributed by atoms with Crippen LogP contribution in [0.4, 0.5) is 4.39 Å². The maximum atomic E-state index is 13.9. The molecular formula is C12H10BrClFNOS. The summed E-state index contributed by atoms with van der Waals surface area (Å²) >= 11 is 10.7. The molecule has 0 spiro atoms. The summed E-state index contributed by atoms with van der Waals surface area (Å²) in [4.78, 5) is 0.773. The zero-order valence-corrected chi connectivity index (χ0v) is 12.6. The summed E-state index contributed by atoms with van der Waals surface area (Å²) in [5.74, 6) is 0.0469. The molecule has 0 amide bonds. The van der Waals surface area contributed by atoms with E-state index in [1.165, 1.54) is 24.5 Å². The van der Waals surface area contributed by atoms with E-state index in [0.29, 0.717) is 16.3 Å². The van der Waals surface area contributed by atoms with Crippen LogP contribution in [0.2, 0.25) is 5.02 Å². The number of ether oxygens (including phenoxy) is 1. The standard InChI is InChI=1S/C12H10BrClFNOS/c1-17-8-4-2-3-7(15)10(8)11(16)9-5-6(14)12(13)18-9/h2-5,11H,16H2,1H3. The quantitative estimate of drug-likeness (QED) is 0.892. The molecule has 0 bridgehead atoms. The maximum Gasteiger partial charge on any atom is 0.132 e. The molecule has 1 atom stereocenters. The van der Waals surface area contributed by atoms with E-state index in [1.54, 1.807) is 18.2 Å². The number of thiophene rings is 1. The molecule has 0 aliphatic carbocycles. The lowest BCUT2D eigenvalue weighted by molar-refractivity contribution is 0.402. The molecule has 0 saturated carbocycles. The largest absolute Gasteiger partial charge is 0.496 e. The first-order valence-corrected chi connectivity index (χ1v) is 7.06. The van der Waals surface area contributed by atoms with Crippen molar-refractivity contribution in [3.05, 3.63) is 49.3 Å². The number of hydrogen-bond acceptors (Lipinski definition) is 3. The summed E-state index contributed by atoms with van der Waals surface area (Å²) in [5, 5.41) is 0.570. The molecule has 1 aromatic heterocycles. The normalized spacial score (nSPS) is 12.5. The SMILES string of the molecule is COc1cccc(F)c1C(N)c1cc(Cl)c(Br)s1. The summed E-state index contributed by atoms with van der Waals surface area (Å²) in [6.45, 7) is 0. The number of hydrogen-bond donors (Lipinski definition) is 1. The predicted molar refractivity (Wildman–Crippen MR) is 76.0 cm³/mol. The van der Waals surface area contributed by atoms with Crippen LogP contribution in [0.1, 0.15) is 16.5 Å². The molecular weight excluding hydrogens is 341 g/mol. The topological polar surface area (TPSA) is 35.2 Å². The average molecular weight is 351 g/mol. The van der Waals surface area contributed by atoms with Gasteiger partial charge in [-0.1, -0.05) is 17.7 Å². The number of rotatable bonds is 3. The Hall–Kier alpha value is -0.620. The van der Waals surface area contributed by atoms with Crippen LogP contribution in [0.5, 0.6) is 5.75 Å². The second-order valence-electron chi connectivity index (χ2n) is 3.60. The minimum absolute atomic E-state index is 0.338. The lowest BCUT2D eigenvalue weighted by Crippen LogP contribution is -2.13. The highest BCUT2D eigenvalue weighted by molar-refractivity contribution is 9.11. The molecule has 0 fully saturated rings. The first-order chi connectivity index (χ1) is 8.54. The molecule has 18 heavy (non-hydrogen) atoms. The van der Waals surface area contributed by atoms with Crippen molar-refractivity contribution in [2.45, 2.75) is 6.04 Å². The van der Waals surface area contributed by atoms with Gasteiger partial charge in [0, 0.05) is 4.88 Å². The smallest absolute Gasteiger partial charge is 0.132 e. The Morgan fingerprint density at radius 3 is 2.78 bits per heavy atom. The molecule has 1 aromatic carbocycles. The van der Waals surface area contributed by atoms with Gasteiger partial charge in [0.1, 0.15) is 11.6 Å². The maximum absolute atomic E-state index is 13.9. The first-order valence-electron chi connectivity index (χ1n) is 5.07. The predicted octanol–water partition coefficient (Wildman–Crippen LogP) is 4.36. The fourth-order valence-corrected chi connectivity index (χ4v) is 3.41. The van der Waals surface area contributed by atoms with Crippen molar-refractivity contribution in [2.75, 3.05) is 7.11 Å². The fraction of sp³-hybridized carbons (Fsp3) is 0.167. The van der Waals surface area contributed by atoms with Crippen molar-refractivity contribution in [3.8, 4) is 5.75 Å². The summed E-state index contributed by atoms with van der Waals surface area (Å²) in [6, 6.07) is 5.76.